The van der Waals surface area contributed by atoms with Crippen molar-refractivity contribution in [3.05, 3.63) is 29.6 Å². The van der Waals surface area contributed by atoms with Crippen molar-refractivity contribution in [2.75, 3.05) is 27.2 Å². The van der Waals surface area contributed by atoms with Gasteiger partial charge in [-0.25, -0.2) is 0 Å². The number of fused-ring (bicyclic) bond motifs is 1. The molecule has 2 rings (SSSR count). The van der Waals surface area contributed by atoms with Gasteiger partial charge in [-0.2, -0.15) is 0 Å². The topological polar surface area (TPSA) is 36.4 Å². The molecule has 2 heterocycles. The first-order valence-corrected chi connectivity index (χ1v) is 5.52. The summed E-state index contributed by atoms with van der Waals surface area (Å²) in [4.78, 5) is 19.4. The summed E-state index contributed by atoms with van der Waals surface area (Å²) in [6.45, 7) is 1.61. The summed E-state index contributed by atoms with van der Waals surface area (Å²) in [5.41, 5.74) is 2.32. The normalized spacial score (nSPS) is 19.7. The van der Waals surface area contributed by atoms with Gasteiger partial charge in [0, 0.05) is 31.4 Å². The van der Waals surface area contributed by atoms with Gasteiger partial charge in [-0.3, -0.25) is 9.78 Å². The number of aromatic nitrogens is 1. The molecule has 16 heavy (non-hydrogen) atoms. The first-order valence-electron chi connectivity index (χ1n) is 5.52. The third-order valence-electron chi connectivity index (χ3n) is 2.97. The van der Waals surface area contributed by atoms with Crippen LogP contribution in [0.4, 0.5) is 0 Å². The molecule has 1 unspecified atom stereocenters. The van der Waals surface area contributed by atoms with Crippen molar-refractivity contribution in [1.82, 2.24) is 14.8 Å². The predicted molar refractivity (Wildman–Crippen MR) is 62.0 cm³/mol. The minimum Gasteiger partial charge on any atom is -0.336 e. The van der Waals surface area contributed by atoms with Crippen LogP contribution < -0.4 is 0 Å². The Balaban J connectivity index is 2.32. The van der Waals surface area contributed by atoms with Crippen LogP contribution in [0.15, 0.2) is 18.3 Å². The summed E-state index contributed by atoms with van der Waals surface area (Å²) < 4.78 is 0. The first kappa shape index (κ1) is 11.1. The van der Waals surface area contributed by atoms with Gasteiger partial charge in [0.1, 0.15) is 0 Å². The van der Waals surface area contributed by atoms with E-state index in [2.05, 4.69) is 16.0 Å². The van der Waals surface area contributed by atoms with E-state index in [1.165, 1.54) is 5.56 Å². The van der Waals surface area contributed by atoms with Gasteiger partial charge in [-0.15, -0.1) is 0 Å². The van der Waals surface area contributed by atoms with E-state index in [1.54, 1.807) is 0 Å². The Labute approximate surface area is 95.9 Å². The zero-order valence-corrected chi connectivity index (χ0v) is 9.76. The third kappa shape index (κ3) is 2.07. The molecule has 1 aromatic heterocycles. The molecule has 0 bridgehead atoms. The molecule has 0 fully saturated rings. The van der Waals surface area contributed by atoms with E-state index in [0.717, 1.165) is 31.6 Å². The molecule has 1 aromatic rings. The second-order valence-corrected chi connectivity index (χ2v) is 4.41. The number of likely N-dealkylation sites (N-methyl/N-ethyl adjacent to an activating group) is 1. The molecule has 0 aromatic carbocycles. The zero-order chi connectivity index (χ0) is 11.5. The quantitative estimate of drug-likeness (QED) is 0.702. The van der Waals surface area contributed by atoms with Crippen LogP contribution in [-0.4, -0.2) is 48.4 Å². The maximum Gasteiger partial charge on any atom is 0.210 e. The van der Waals surface area contributed by atoms with E-state index < -0.39 is 0 Å². The van der Waals surface area contributed by atoms with Crippen LogP contribution in [0.5, 0.6) is 0 Å². The van der Waals surface area contributed by atoms with Crippen molar-refractivity contribution in [3.8, 4) is 0 Å². The van der Waals surface area contributed by atoms with Gasteiger partial charge in [0.25, 0.3) is 0 Å². The lowest BCUT2D eigenvalue weighted by molar-refractivity contribution is -0.121. The van der Waals surface area contributed by atoms with E-state index in [-0.39, 0.29) is 6.04 Å². The van der Waals surface area contributed by atoms with Crippen molar-refractivity contribution in [2.45, 2.75) is 12.5 Å². The standard InChI is InChI=1S/C12H17N3O/c1-14(2)8-12-10-4-3-6-13-11(10)5-7-15(12)9-16/h3-4,6,9,12H,5,7-8H2,1-2H3. The van der Waals surface area contributed by atoms with Crippen LogP contribution in [0, 0.1) is 0 Å². The molecule has 86 valence electrons. The van der Waals surface area contributed by atoms with Gasteiger partial charge in [-0.1, -0.05) is 6.07 Å². The number of hydrogen-bond acceptors (Lipinski definition) is 3. The second-order valence-electron chi connectivity index (χ2n) is 4.41. The van der Waals surface area contributed by atoms with E-state index in [0.29, 0.717) is 0 Å². The van der Waals surface area contributed by atoms with Crippen LogP contribution >= 0.6 is 0 Å². The van der Waals surface area contributed by atoms with Gasteiger partial charge in [0.2, 0.25) is 6.41 Å². The van der Waals surface area contributed by atoms with Crippen molar-refractivity contribution >= 4 is 6.41 Å². The highest BCUT2D eigenvalue weighted by atomic mass is 16.1. The number of carbonyl (C=O) groups is 1. The van der Waals surface area contributed by atoms with Crippen molar-refractivity contribution in [1.29, 1.82) is 0 Å². The molecule has 0 N–H and O–H groups in total. The van der Waals surface area contributed by atoms with Crippen LogP contribution in [-0.2, 0) is 11.2 Å². The third-order valence-corrected chi connectivity index (χ3v) is 2.97. The lowest BCUT2D eigenvalue weighted by Gasteiger charge is -2.35. The fraction of sp³-hybridized carbons (Fsp3) is 0.500. The summed E-state index contributed by atoms with van der Waals surface area (Å²) in [5, 5.41) is 0. The van der Waals surface area contributed by atoms with Crippen LogP contribution in [0.2, 0.25) is 0 Å². The SMILES string of the molecule is CN(C)CC1c2cccnc2CCN1C=O. The first-order chi connectivity index (χ1) is 7.72. The summed E-state index contributed by atoms with van der Waals surface area (Å²) in [6.07, 6.45) is 3.63. The van der Waals surface area contributed by atoms with Gasteiger partial charge in [0.15, 0.2) is 0 Å². The summed E-state index contributed by atoms with van der Waals surface area (Å²) >= 11 is 0. The average molecular weight is 219 g/mol. The van der Waals surface area contributed by atoms with Crippen molar-refractivity contribution in [2.24, 2.45) is 0 Å². The molecule has 4 heteroatoms. The van der Waals surface area contributed by atoms with Gasteiger partial charge < -0.3 is 9.80 Å². The second kappa shape index (κ2) is 4.61. The van der Waals surface area contributed by atoms with Gasteiger partial charge in [0.05, 0.1) is 6.04 Å². The number of rotatable bonds is 3. The Morgan fingerprint density at radius 2 is 2.44 bits per heavy atom. The monoisotopic (exact) mass is 219 g/mol. The van der Waals surface area contributed by atoms with E-state index in [9.17, 15) is 4.79 Å². The maximum absolute atomic E-state index is 11.0. The van der Waals surface area contributed by atoms with Crippen molar-refractivity contribution in [3.63, 3.8) is 0 Å². The highest BCUT2D eigenvalue weighted by Gasteiger charge is 2.27. The lowest BCUT2D eigenvalue weighted by Crippen LogP contribution is -2.39. The summed E-state index contributed by atoms with van der Waals surface area (Å²) in [5.74, 6) is 0. The molecule has 0 spiro atoms. The predicted octanol–water partition coefficient (Wildman–Crippen LogP) is 0.699. The number of carbonyl (C=O) groups excluding carboxylic acids is 1. The molecule has 4 nitrogen and oxygen atoms in total. The Morgan fingerprint density at radius 1 is 1.62 bits per heavy atom. The van der Waals surface area contributed by atoms with Crippen LogP contribution in [0.1, 0.15) is 17.3 Å². The van der Waals surface area contributed by atoms with E-state index in [4.69, 9.17) is 0 Å². The highest BCUT2D eigenvalue weighted by molar-refractivity contribution is 5.50. The Kier molecular flexibility index (Phi) is 3.19. The number of amides is 1. The summed E-state index contributed by atoms with van der Waals surface area (Å²) in [6, 6.07) is 4.16. The lowest BCUT2D eigenvalue weighted by atomic mass is 9.97. The Bertz CT molecular complexity index is 378. The smallest absolute Gasteiger partial charge is 0.210 e. The minimum atomic E-state index is 0.143. The Morgan fingerprint density at radius 3 is 3.12 bits per heavy atom. The fourth-order valence-corrected chi connectivity index (χ4v) is 2.21. The van der Waals surface area contributed by atoms with Crippen molar-refractivity contribution < 1.29 is 4.79 Å². The molecule has 1 amide bonds. The maximum atomic E-state index is 11.0. The molecule has 1 aliphatic heterocycles. The fourth-order valence-electron chi connectivity index (χ4n) is 2.21. The average Bonchev–Trinajstić information content (AvgIpc) is 2.29. The number of nitrogens with zero attached hydrogens (tertiary/aromatic N) is 3. The van der Waals surface area contributed by atoms with Gasteiger partial charge >= 0.3 is 0 Å². The van der Waals surface area contributed by atoms with E-state index >= 15 is 0 Å². The highest BCUT2D eigenvalue weighted by Crippen LogP contribution is 2.27. The molecular formula is C12H17N3O. The molecule has 0 aliphatic carbocycles. The minimum absolute atomic E-state index is 0.143. The van der Waals surface area contributed by atoms with Crippen LogP contribution in [0.25, 0.3) is 0 Å². The Hall–Kier alpha value is -1.42. The zero-order valence-electron chi connectivity index (χ0n) is 9.76. The molecule has 0 saturated carbocycles. The molecule has 0 radical (unpaired) electrons. The molecular weight excluding hydrogens is 202 g/mol. The van der Waals surface area contributed by atoms with E-state index in [1.807, 2.05) is 31.3 Å². The van der Waals surface area contributed by atoms with Gasteiger partial charge in [-0.05, 0) is 25.7 Å². The number of hydrogen-bond donors (Lipinski definition) is 0. The molecule has 0 saturated heterocycles. The summed E-state index contributed by atoms with van der Waals surface area (Å²) in [7, 11) is 4.04. The number of pyridine rings is 1. The molecule has 1 atom stereocenters. The van der Waals surface area contributed by atoms with Crippen LogP contribution in [0.3, 0.4) is 0 Å². The largest absolute Gasteiger partial charge is 0.336 e. The molecule has 1 aliphatic rings.